The minimum atomic E-state index is -3.56. The highest BCUT2D eigenvalue weighted by atomic mass is 32.2. The van der Waals surface area contributed by atoms with Crippen molar-refractivity contribution in [3.63, 3.8) is 0 Å². The molecule has 1 aromatic carbocycles. The molecule has 0 aliphatic carbocycles. The van der Waals surface area contributed by atoms with E-state index in [2.05, 4.69) is 20.1 Å². The van der Waals surface area contributed by atoms with Crippen molar-refractivity contribution in [2.75, 3.05) is 13.1 Å². The third-order valence-corrected chi connectivity index (χ3v) is 5.86. The number of sulfonamides is 1. The molecule has 2 aromatic heterocycles. The fourth-order valence-electron chi connectivity index (χ4n) is 2.78. The summed E-state index contributed by atoms with van der Waals surface area (Å²) in [5.41, 5.74) is 0.868. The third kappa shape index (κ3) is 2.61. The van der Waals surface area contributed by atoms with Gasteiger partial charge in [0.15, 0.2) is 5.03 Å². The number of aromatic nitrogens is 4. The third-order valence-electron chi connectivity index (χ3n) is 4.06. The van der Waals surface area contributed by atoms with Crippen LogP contribution in [0.1, 0.15) is 18.2 Å². The average molecular weight is 345 g/mol. The molecule has 0 amide bonds. The van der Waals surface area contributed by atoms with Crippen LogP contribution in [0.4, 0.5) is 0 Å². The van der Waals surface area contributed by atoms with Crippen LogP contribution in [0, 0.1) is 0 Å². The topological polar surface area (TPSA) is 105 Å². The van der Waals surface area contributed by atoms with Gasteiger partial charge in [-0.25, -0.2) is 13.4 Å². The van der Waals surface area contributed by atoms with Gasteiger partial charge in [-0.15, -0.1) is 0 Å². The number of nitrogens with zero attached hydrogens (tertiary/aromatic N) is 4. The molecular weight excluding hydrogens is 330 g/mol. The molecule has 1 unspecified atom stereocenters. The van der Waals surface area contributed by atoms with E-state index in [-0.39, 0.29) is 10.9 Å². The van der Waals surface area contributed by atoms with Crippen LogP contribution in [0.3, 0.4) is 0 Å². The molecule has 1 atom stereocenters. The molecule has 0 saturated carbocycles. The minimum Gasteiger partial charge on any atom is -0.339 e. The quantitative estimate of drug-likeness (QED) is 0.770. The van der Waals surface area contributed by atoms with E-state index >= 15 is 0 Å². The zero-order valence-electron chi connectivity index (χ0n) is 12.7. The summed E-state index contributed by atoms with van der Waals surface area (Å²) in [5, 5.41) is 4.09. The lowest BCUT2D eigenvalue weighted by atomic mass is 10.1. The SMILES string of the molecule is O=S(=O)(c1cnc[nH]1)N1CCC(c2nc(-c3ccccc3)no2)C1. The van der Waals surface area contributed by atoms with Gasteiger partial charge in [0, 0.05) is 18.7 Å². The smallest absolute Gasteiger partial charge is 0.260 e. The Labute approximate surface area is 138 Å². The largest absolute Gasteiger partial charge is 0.339 e. The van der Waals surface area contributed by atoms with Gasteiger partial charge in [0.2, 0.25) is 11.7 Å². The molecular formula is C15H15N5O3S. The van der Waals surface area contributed by atoms with E-state index in [1.165, 1.54) is 16.8 Å². The normalized spacial score (nSPS) is 18.9. The van der Waals surface area contributed by atoms with Crippen molar-refractivity contribution in [2.24, 2.45) is 0 Å². The summed E-state index contributed by atoms with van der Waals surface area (Å²) < 4.78 is 31.7. The first-order chi connectivity index (χ1) is 11.6. The number of rotatable bonds is 4. The van der Waals surface area contributed by atoms with Crippen molar-refractivity contribution in [3.05, 3.63) is 48.7 Å². The Morgan fingerprint density at radius 1 is 1.25 bits per heavy atom. The molecule has 1 aliphatic heterocycles. The van der Waals surface area contributed by atoms with Crippen molar-refractivity contribution >= 4 is 10.0 Å². The van der Waals surface area contributed by atoms with Gasteiger partial charge in [0.05, 0.1) is 18.4 Å². The maximum absolute atomic E-state index is 12.5. The Kier molecular flexibility index (Phi) is 3.66. The van der Waals surface area contributed by atoms with Gasteiger partial charge in [-0.2, -0.15) is 9.29 Å². The van der Waals surface area contributed by atoms with Crippen molar-refractivity contribution in [1.82, 2.24) is 24.4 Å². The Balaban J connectivity index is 1.53. The first-order valence-corrected chi connectivity index (χ1v) is 8.96. The molecule has 1 N–H and O–H groups in total. The standard InChI is InChI=1S/C15H15N5O3S/c21-24(22,13-8-16-10-17-13)20-7-6-12(9-20)15-18-14(19-23-15)11-4-2-1-3-5-11/h1-5,8,10,12H,6-7,9H2,(H,16,17). The Bertz CT molecular complexity index is 921. The molecule has 3 aromatic rings. The molecule has 4 rings (SSSR count). The number of H-pyrrole nitrogens is 1. The van der Waals surface area contributed by atoms with Crippen molar-refractivity contribution in [1.29, 1.82) is 0 Å². The predicted molar refractivity (Wildman–Crippen MR) is 84.4 cm³/mol. The Morgan fingerprint density at radius 3 is 2.83 bits per heavy atom. The maximum Gasteiger partial charge on any atom is 0.260 e. The van der Waals surface area contributed by atoms with E-state index in [9.17, 15) is 8.42 Å². The molecule has 1 fully saturated rings. The molecule has 0 radical (unpaired) electrons. The summed E-state index contributed by atoms with van der Waals surface area (Å²) >= 11 is 0. The van der Waals surface area contributed by atoms with Gasteiger partial charge < -0.3 is 9.51 Å². The minimum absolute atomic E-state index is 0.0960. The fraction of sp³-hybridized carbons (Fsp3) is 0.267. The zero-order valence-corrected chi connectivity index (χ0v) is 13.5. The van der Waals surface area contributed by atoms with Crippen LogP contribution >= 0.6 is 0 Å². The van der Waals surface area contributed by atoms with Gasteiger partial charge in [0.25, 0.3) is 10.0 Å². The Morgan fingerprint density at radius 2 is 2.08 bits per heavy atom. The van der Waals surface area contributed by atoms with E-state index in [4.69, 9.17) is 4.52 Å². The summed E-state index contributed by atoms with van der Waals surface area (Å²) in [6, 6.07) is 9.52. The van der Waals surface area contributed by atoms with Crippen LogP contribution in [0.5, 0.6) is 0 Å². The molecule has 1 aliphatic rings. The van der Waals surface area contributed by atoms with E-state index < -0.39 is 10.0 Å². The maximum atomic E-state index is 12.5. The molecule has 24 heavy (non-hydrogen) atoms. The second-order valence-corrected chi connectivity index (χ2v) is 7.49. The molecule has 1 saturated heterocycles. The summed E-state index contributed by atoms with van der Waals surface area (Å²) in [6.45, 7) is 0.729. The number of aromatic amines is 1. The predicted octanol–water partition coefficient (Wildman–Crippen LogP) is 1.64. The van der Waals surface area contributed by atoms with Crippen molar-refractivity contribution in [3.8, 4) is 11.4 Å². The van der Waals surface area contributed by atoms with Gasteiger partial charge in [-0.05, 0) is 6.42 Å². The summed E-state index contributed by atoms with van der Waals surface area (Å²) in [6.07, 6.45) is 3.30. The zero-order chi connectivity index (χ0) is 16.6. The van der Waals surface area contributed by atoms with Gasteiger partial charge >= 0.3 is 0 Å². The van der Waals surface area contributed by atoms with Crippen LogP contribution in [0.15, 0.2) is 52.4 Å². The van der Waals surface area contributed by atoms with Gasteiger partial charge in [-0.1, -0.05) is 35.5 Å². The highest BCUT2D eigenvalue weighted by Gasteiger charge is 2.36. The first kappa shape index (κ1) is 15.0. The van der Waals surface area contributed by atoms with Crippen LogP contribution in [0.25, 0.3) is 11.4 Å². The van der Waals surface area contributed by atoms with E-state index in [1.807, 2.05) is 30.3 Å². The lowest BCUT2D eigenvalue weighted by Gasteiger charge is -2.14. The number of hydrogen-bond donors (Lipinski definition) is 1. The fourth-order valence-corrected chi connectivity index (χ4v) is 4.17. The van der Waals surface area contributed by atoms with Crippen LogP contribution in [-0.2, 0) is 10.0 Å². The van der Waals surface area contributed by atoms with E-state index in [1.54, 1.807) is 0 Å². The molecule has 3 heterocycles. The summed E-state index contributed by atoms with van der Waals surface area (Å²) in [4.78, 5) is 10.8. The lowest BCUT2D eigenvalue weighted by molar-refractivity contribution is 0.354. The summed E-state index contributed by atoms with van der Waals surface area (Å²) in [5.74, 6) is 0.879. The monoisotopic (exact) mass is 345 g/mol. The first-order valence-electron chi connectivity index (χ1n) is 7.52. The lowest BCUT2D eigenvalue weighted by Crippen LogP contribution is -2.29. The highest BCUT2D eigenvalue weighted by Crippen LogP contribution is 2.30. The molecule has 9 heteroatoms. The van der Waals surface area contributed by atoms with Crippen molar-refractivity contribution in [2.45, 2.75) is 17.4 Å². The second-order valence-electron chi connectivity index (χ2n) is 5.59. The highest BCUT2D eigenvalue weighted by molar-refractivity contribution is 7.89. The number of benzene rings is 1. The molecule has 0 bridgehead atoms. The van der Waals surface area contributed by atoms with E-state index in [0.29, 0.717) is 31.2 Å². The van der Waals surface area contributed by atoms with Crippen molar-refractivity contribution < 1.29 is 12.9 Å². The number of hydrogen-bond acceptors (Lipinski definition) is 6. The molecule has 124 valence electrons. The average Bonchev–Trinajstić information content (AvgIpc) is 3.35. The molecule has 8 nitrogen and oxygen atoms in total. The van der Waals surface area contributed by atoms with Gasteiger partial charge in [0.1, 0.15) is 0 Å². The van der Waals surface area contributed by atoms with Crippen LogP contribution in [0.2, 0.25) is 0 Å². The molecule has 0 spiro atoms. The van der Waals surface area contributed by atoms with E-state index in [0.717, 1.165) is 5.56 Å². The number of imidazole rings is 1. The second kappa shape index (κ2) is 5.84. The Hall–Kier alpha value is -2.52. The van der Waals surface area contributed by atoms with Gasteiger partial charge in [-0.3, -0.25) is 0 Å². The number of nitrogens with one attached hydrogen (secondary N) is 1. The van der Waals surface area contributed by atoms with Crippen LogP contribution in [-0.4, -0.2) is 45.9 Å². The van der Waals surface area contributed by atoms with Crippen LogP contribution < -0.4 is 0 Å². The summed E-state index contributed by atoms with van der Waals surface area (Å²) in [7, 11) is -3.56.